The number of hydrogen-bond donors (Lipinski definition) is 1. The Balaban J connectivity index is 0.000000159. The molecule has 6 heterocycles. The molecule has 6 fully saturated rings. The topological polar surface area (TPSA) is 95.6 Å². The molecule has 8 atom stereocenters. The smallest absolute Gasteiger partial charge is 0.251 e. The summed E-state index contributed by atoms with van der Waals surface area (Å²) in [5, 5.41) is 0. The molecule has 342 valence electrons. The van der Waals surface area contributed by atoms with Crippen molar-refractivity contribution in [1.29, 1.82) is 0 Å². The number of hydrogen-bond acceptors (Lipinski definition) is 10. The Kier molecular flexibility index (Phi) is 13.0. The fourth-order valence-electron chi connectivity index (χ4n) is 11.8. The van der Waals surface area contributed by atoms with Crippen LogP contribution in [0.15, 0.2) is 114 Å². The number of aromatic amines is 1. The second-order valence-corrected chi connectivity index (χ2v) is 19.3. The van der Waals surface area contributed by atoms with Gasteiger partial charge >= 0.3 is 0 Å². The molecule has 4 saturated heterocycles. The van der Waals surface area contributed by atoms with E-state index in [0.29, 0.717) is 43.3 Å². The van der Waals surface area contributed by atoms with E-state index >= 15 is 0 Å². The number of nitrogens with one attached hydrogen (secondary N) is 1. The number of piperidine rings is 2. The van der Waals surface area contributed by atoms with Gasteiger partial charge in [-0.15, -0.1) is 0 Å². The molecule has 0 spiro atoms. The van der Waals surface area contributed by atoms with Gasteiger partial charge in [0.25, 0.3) is 5.56 Å². The molecule has 65 heavy (non-hydrogen) atoms. The number of rotatable bonds is 12. The maximum absolute atomic E-state index is 12.5. The number of fused-ring (bicyclic) bond motifs is 4. The Labute approximate surface area is 384 Å². The highest BCUT2D eigenvalue weighted by Crippen LogP contribution is 2.47. The molecule has 4 aliphatic heterocycles. The third kappa shape index (κ3) is 9.87. The predicted molar refractivity (Wildman–Crippen MR) is 259 cm³/mol. The summed E-state index contributed by atoms with van der Waals surface area (Å²) in [5.41, 5.74) is 6.07. The normalized spacial score (nSPS) is 26.9. The summed E-state index contributed by atoms with van der Waals surface area (Å²) in [4.78, 5) is 30.6. The van der Waals surface area contributed by atoms with Gasteiger partial charge in [-0.2, -0.15) is 4.98 Å². The number of anilines is 4. The quantitative estimate of drug-likeness (QED) is 0.131. The Morgan fingerprint density at radius 2 is 1.23 bits per heavy atom. The van der Waals surface area contributed by atoms with Crippen LogP contribution < -0.4 is 34.6 Å². The van der Waals surface area contributed by atoms with E-state index < -0.39 is 0 Å². The third-order valence-electron chi connectivity index (χ3n) is 14.9. The summed E-state index contributed by atoms with van der Waals surface area (Å²) < 4.78 is 23.1. The molecule has 2 saturated carbocycles. The summed E-state index contributed by atoms with van der Waals surface area (Å²) in [6.45, 7) is 9.60. The van der Waals surface area contributed by atoms with Gasteiger partial charge in [0.1, 0.15) is 24.0 Å². The molecule has 0 radical (unpaired) electrons. The number of aromatic nitrogens is 2. The second-order valence-electron chi connectivity index (χ2n) is 19.3. The molecule has 0 unspecified atom stereocenters. The number of pyridine rings is 2. The van der Waals surface area contributed by atoms with Crippen LogP contribution in [0.4, 0.5) is 23.0 Å². The van der Waals surface area contributed by atoms with E-state index in [2.05, 4.69) is 117 Å². The number of benzene rings is 3. The van der Waals surface area contributed by atoms with Crippen molar-refractivity contribution in [3.8, 4) is 11.6 Å². The molecule has 2 aromatic heterocycles. The monoisotopic (exact) mass is 879 g/mol. The lowest BCUT2D eigenvalue weighted by atomic mass is 9.92. The van der Waals surface area contributed by atoms with E-state index in [1.165, 1.54) is 55.3 Å². The van der Waals surface area contributed by atoms with Crippen molar-refractivity contribution in [2.24, 2.45) is 11.8 Å². The van der Waals surface area contributed by atoms with Crippen molar-refractivity contribution in [1.82, 2.24) is 9.97 Å². The van der Waals surface area contributed by atoms with Crippen molar-refractivity contribution < 1.29 is 18.9 Å². The zero-order chi connectivity index (χ0) is 44.3. The number of H-pyrrole nitrogens is 1. The van der Waals surface area contributed by atoms with E-state index in [4.69, 9.17) is 23.9 Å². The van der Waals surface area contributed by atoms with E-state index in [0.717, 1.165) is 86.1 Å². The maximum Gasteiger partial charge on any atom is 0.251 e. The highest BCUT2D eigenvalue weighted by atomic mass is 16.5. The van der Waals surface area contributed by atoms with Crippen molar-refractivity contribution >= 4 is 23.0 Å². The molecule has 5 aromatic rings. The van der Waals surface area contributed by atoms with Crippen LogP contribution in [0.1, 0.15) is 69.1 Å². The summed E-state index contributed by atoms with van der Waals surface area (Å²) in [6.07, 6.45) is 10.1. The van der Waals surface area contributed by atoms with E-state index in [-0.39, 0.29) is 17.8 Å². The summed E-state index contributed by atoms with van der Waals surface area (Å²) >= 11 is 0. The van der Waals surface area contributed by atoms with Crippen LogP contribution in [0.3, 0.4) is 0 Å². The molecular formula is C54H66N6O5. The van der Waals surface area contributed by atoms with Gasteiger partial charge in [-0.3, -0.25) is 4.79 Å². The number of nitrogens with zero attached hydrogens (tertiary/aromatic N) is 5. The SMILES string of the molecule is COc1ccc(COc2cc(N3CCO[C@H](C)C3)cc(N3[C@H]4CC[C@H](C4)[C@@H]3Cc3ccccc3)n2)cc1.C[C@@H]1CN(c2cc(N3[C@H]4CC[C@H](C4)[C@@H]3Cc3ccccc3)[nH]c(=O)c2)CCO1. The zero-order valence-electron chi connectivity index (χ0n) is 38.4. The first-order valence-corrected chi connectivity index (χ1v) is 24.2. The number of ether oxygens (including phenoxy) is 4. The standard InChI is InChI=1S/C31H37N3O3.C23H29N3O2/c1-22-20-33(14-15-36-22)27-18-30(32-31(19-27)37-21-24-8-12-28(35-2)13-9-24)34-26-11-10-25(17-26)29(34)16-23-6-4-3-5-7-23;1-16-15-25(9-10-28-16)20-13-22(24-23(27)14-20)26-19-8-7-18(12-19)21(26)11-17-5-3-2-4-6-17/h3-9,12-13,18-19,22,25-26,29H,10-11,14-17,20-21H2,1-2H3;2-6,13-14,16,18-19,21H,7-12,15H2,1H3,(H,24,27)/t22-,25-,26+,29+;16-,18-,19+,21+/m11/s1. The lowest BCUT2D eigenvalue weighted by Crippen LogP contribution is -2.44. The van der Waals surface area contributed by atoms with Crippen LogP contribution in [0.5, 0.6) is 11.6 Å². The lowest BCUT2D eigenvalue weighted by Gasteiger charge is -2.38. The molecule has 11 heteroatoms. The van der Waals surface area contributed by atoms with Gasteiger partial charge < -0.3 is 43.5 Å². The first-order valence-electron chi connectivity index (χ1n) is 24.2. The van der Waals surface area contributed by atoms with Crippen molar-refractivity contribution in [2.45, 2.75) is 108 Å². The molecule has 3 aromatic carbocycles. The first-order chi connectivity index (χ1) is 31.8. The van der Waals surface area contributed by atoms with Gasteiger partial charge in [-0.25, -0.2) is 0 Å². The third-order valence-corrected chi connectivity index (χ3v) is 14.9. The van der Waals surface area contributed by atoms with Gasteiger partial charge in [-0.05, 0) is 106 Å². The van der Waals surface area contributed by atoms with Crippen molar-refractivity contribution in [2.75, 3.05) is 66.1 Å². The van der Waals surface area contributed by atoms with Crippen molar-refractivity contribution in [3.63, 3.8) is 0 Å². The molecular weight excluding hydrogens is 813 g/mol. The average Bonchev–Trinajstić information content (AvgIpc) is 4.15. The van der Waals surface area contributed by atoms with Crippen molar-refractivity contribution in [3.05, 3.63) is 136 Å². The predicted octanol–water partition coefficient (Wildman–Crippen LogP) is 8.69. The Morgan fingerprint density at radius 3 is 1.82 bits per heavy atom. The van der Waals surface area contributed by atoms with E-state index in [1.807, 2.05) is 24.3 Å². The Hall–Kier alpha value is -5.52. The molecule has 4 bridgehead atoms. The van der Waals surface area contributed by atoms with Gasteiger partial charge in [-0.1, -0.05) is 72.8 Å². The van der Waals surface area contributed by atoms with Crippen LogP contribution >= 0.6 is 0 Å². The molecule has 11 nitrogen and oxygen atoms in total. The summed E-state index contributed by atoms with van der Waals surface area (Å²) in [7, 11) is 1.69. The average molecular weight is 879 g/mol. The van der Waals surface area contributed by atoms with Crippen LogP contribution in [-0.2, 0) is 28.9 Å². The highest BCUT2D eigenvalue weighted by Gasteiger charge is 2.47. The molecule has 1 N–H and O–H groups in total. The van der Waals surface area contributed by atoms with Crippen LogP contribution in [0.2, 0.25) is 0 Å². The minimum atomic E-state index is -0.00659. The zero-order valence-corrected chi connectivity index (χ0v) is 38.4. The molecule has 11 rings (SSSR count). The fraction of sp³-hybridized carbons (Fsp3) is 0.481. The van der Waals surface area contributed by atoms with Crippen LogP contribution in [-0.4, -0.2) is 92.8 Å². The highest BCUT2D eigenvalue weighted by molar-refractivity contribution is 5.61. The Bertz CT molecular complexity index is 2400. The molecule has 0 amide bonds. The Morgan fingerprint density at radius 1 is 0.662 bits per heavy atom. The van der Waals surface area contributed by atoms with Crippen LogP contribution in [0, 0.1) is 11.8 Å². The summed E-state index contributed by atoms with van der Waals surface area (Å²) in [5.74, 6) is 5.03. The van der Waals surface area contributed by atoms with Gasteiger partial charge in [0, 0.05) is 86.0 Å². The largest absolute Gasteiger partial charge is 0.497 e. The molecule has 2 aliphatic carbocycles. The van der Waals surface area contributed by atoms with Gasteiger partial charge in [0.15, 0.2) is 0 Å². The minimum Gasteiger partial charge on any atom is -0.497 e. The second kappa shape index (κ2) is 19.5. The van der Waals surface area contributed by atoms with Crippen LogP contribution in [0.25, 0.3) is 0 Å². The first kappa shape index (κ1) is 43.4. The molecule has 6 aliphatic rings. The number of morpholine rings is 2. The fourth-order valence-corrected chi connectivity index (χ4v) is 11.8. The number of methoxy groups -OCH3 is 1. The van der Waals surface area contributed by atoms with Gasteiger partial charge in [0.2, 0.25) is 5.88 Å². The maximum atomic E-state index is 12.5. The summed E-state index contributed by atoms with van der Waals surface area (Å²) in [6, 6.07) is 40.1. The minimum absolute atomic E-state index is 0.00659. The van der Waals surface area contributed by atoms with E-state index in [9.17, 15) is 4.79 Å². The van der Waals surface area contributed by atoms with E-state index in [1.54, 1.807) is 13.2 Å². The van der Waals surface area contributed by atoms with Gasteiger partial charge in [0.05, 0.1) is 32.5 Å². The lowest BCUT2D eigenvalue weighted by molar-refractivity contribution is 0.0530.